The van der Waals surface area contributed by atoms with Crippen LogP contribution in [0.15, 0.2) is 41.9 Å². The second-order valence-corrected chi connectivity index (χ2v) is 4.87. The Morgan fingerprint density at radius 3 is 2.67 bits per heavy atom. The predicted octanol–water partition coefficient (Wildman–Crippen LogP) is 3.06. The van der Waals surface area contributed by atoms with Crippen LogP contribution in [0.25, 0.3) is 0 Å². The van der Waals surface area contributed by atoms with E-state index in [0.29, 0.717) is 6.54 Å². The van der Waals surface area contributed by atoms with Gasteiger partial charge in [0.25, 0.3) is 0 Å². The van der Waals surface area contributed by atoms with Crippen LogP contribution in [-0.4, -0.2) is 38.1 Å². The second-order valence-electron chi connectivity index (χ2n) is 4.87. The summed E-state index contributed by atoms with van der Waals surface area (Å²) in [5.41, 5.74) is 1.17. The van der Waals surface area contributed by atoms with Gasteiger partial charge in [0.05, 0.1) is 13.7 Å². The van der Waals surface area contributed by atoms with Gasteiger partial charge in [-0.15, -0.1) is 6.58 Å². The molecule has 1 rings (SSSR count). The number of unbranched alkanes of at least 4 members (excludes halogenated alkanes) is 1. The molecule has 0 atom stereocenters. The van der Waals surface area contributed by atoms with Crippen molar-refractivity contribution in [2.24, 2.45) is 4.99 Å². The first-order chi connectivity index (χ1) is 10.2. The molecule has 0 aliphatic heterocycles. The lowest BCUT2D eigenvalue weighted by Crippen LogP contribution is -2.39. The zero-order valence-corrected chi connectivity index (χ0v) is 13.4. The Morgan fingerprint density at radius 2 is 2.10 bits per heavy atom. The number of methoxy groups -OCH3 is 1. The summed E-state index contributed by atoms with van der Waals surface area (Å²) in [5, 5.41) is 3.33. The van der Waals surface area contributed by atoms with Gasteiger partial charge in [-0.2, -0.15) is 0 Å². The fraction of sp³-hybridized carbons (Fsp3) is 0.471. The molecule has 0 bridgehead atoms. The predicted molar refractivity (Wildman–Crippen MR) is 89.9 cm³/mol. The summed E-state index contributed by atoms with van der Waals surface area (Å²) in [6, 6.07) is 8.02. The van der Waals surface area contributed by atoms with Crippen LogP contribution in [0.5, 0.6) is 5.75 Å². The number of nitrogens with zero attached hydrogens (tertiary/aromatic N) is 2. The van der Waals surface area contributed by atoms with Crippen molar-refractivity contribution in [2.45, 2.75) is 26.3 Å². The van der Waals surface area contributed by atoms with Crippen molar-refractivity contribution in [1.29, 1.82) is 0 Å². The molecule has 0 spiro atoms. The molecule has 4 heteroatoms. The summed E-state index contributed by atoms with van der Waals surface area (Å²) >= 11 is 0. The van der Waals surface area contributed by atoms with Crippen molar-refractivity contribution in [2.75, 3.05) is 27.2 Å². The number of benzene rings is 1. The molecule has 1 aromatic rings. The fourth-order valence-electron chi connectivity index (χ4n) is 1.95. The van der Waals surface area contributed by atoms with Crippen molar-refractivity contribution in [3.8, 4) is 5.75 Å². The van der Waals surface area contributed by atoms with Gasteiger partial charge in [-0.1, -0.05) is 18.2 Å². The van der Waals surface area contributed by atoms with Crippen molar-refractivity contribution < 1.29 is 4.74 Å². The van der Waals surface area contributed by atoms with E-state index in [2.05, 4.69) is 35.8 Å². The Hall–Kier alpha value is -1.97. The number of allylic oxidation sites excluding steroid dienone is 1. The zero-order chi connectivity index (χ0) is 15.5. The maximum atomic E-state index is 5.16. The van der Waals surface area contributed by atoms with E-state index in [9.17, 15) is 0 Å². The van der Waals surface area contributed by atoms with Gasteiger partial charge >= 0.3 is 0 Å². The zero-order valence-electron chi connectivity index (χ0n) is 13.4. The number of guanidine groups is 1. The highest BCUT2D eigenvalue weighted by Gasteiger charge is 2.04. The molecule has 0 radical (unpaired) electrons. The van der Waals surface area contributed by atoms with E-state index in [0.717, 1.165) is 37.6 Å². The van der Waals surface area contributed by atoms with E-state index in [-0.39, 0.29) is 0 Å². The molecule has 0 fully saturated rings. The van der Waals surface area contributed by atoms with Gasteiger partial charge in [-0.25, -0.2) is 4.99 Å². The molecule has 0 amide bonds. The molecule has 116 valence electrons. The molecule has 0 aliphatic rings. The quantitative estimate of drug-likeness (QED) is 0.346. The van der Waals surface area contributed by atoms with E-state index >= 15 is 0 Å². The monoisotopic (exact) mass is 289 g/mol. The second kappa shape index (κ2) is 9.86. The van der Waals surface area contributed by atoms with Crippen LogP contribution in [0.4, 0.5) is 0 Å². The Balaban J connectivity index is 2.62. The highest BCUT2D eigenvalue weighted by atomic mass is 16.5. The third-order valence-electron chi connectivity index (χ3n) is 3.17. The smallest absolute Gasteiger partial charge is 0.193 e. The van der Waals surface area contributed by atoms with Crippen molar-refractivity contribution in [1.82, 2.24) is 10.2 Å². The van der Waals surface area contributed by atoms with Crippen LogP contribution >= 0.6 is 0 Å². The molecular weight excluding hydrogens is 262 g/mol. The maximum absolute atomic E-state index is 5.16. The Morgan fingerprint density at radius 1 is 1.38 bits per heavy atom. The highest BCUT2D eigenvalue weighted by molar-refractivity contribution is 5.79. The SMILES string of the molecule is C=CCCCN(C)C(=NCc1ccc(OC)cc1)NCC. The molecule has 1 N–H and O–H groups in total. The largest absolute Gasteiger partial charge is 0.497 e. The minimum absolute atomic E-state index is 0.665. The number of rotatable bonds is 8. The molecule has 21 heavy (non-hydrogen) atoms. The van der Waals surface area contributed by atoms with Crippen LogP contribution < -0.4 is 10.1 Å². The van der Waals surface area contributed by atoms with E-state index in [1.54, 1.807) is 7.11 Å². The average molecular weight is 289 g/mol. The molecule has 1 aromatic carbocycles. The van der Waals surface area contributed by atoms with Crippen LogP contribution in [0.2, 0.25) is 0 Å². The number of aliphatic imine (C=N–C) groups is 1. The van der Waals surface area contributed by atoms with Gasteiger partial charge in [0.1, 0.15) is 5.75 Å². The first kappa shape index (κ1) is 17.1. The summed E-state index contributed by atoms with van der Waals surface area (Å²) in [7, 11) is 3.74. The third kappa shape index (κ3) is 6.34. The van der Waals surface area contributed by atoms with Crippen molar-refractivity contribution in [3.63, 3.8) is 0 Å². The van der Waals surface area contributed by atoms with Gasteiger partial charge < -0.3 is 15.0 Å². The minimum atomic E-state index is 0.665. The molecule has 0 saturated heterocycles. The summed E-state index contributed by atoms with van der Waals surface area (Å²) in [4.78, 5) is 6.85. The maximum Gasteiger partial charge on any atom is 0.193 e. The topological polar surface area (TPSA) is 36.9 Å². The Labute approximate surface area is 128 Å². The lowest BCUT2D eigenvalue weighted by atomic mass is 10.2. The average Bonchev–Trinajstić information content (AvgIpc) is 2.52. The summed E-state index contributed by atoms with van der Waals surface area (Å²) in [6.45, 7) is 8.34. The molecule has 0 aliphatic carbocycles. The fourth-order valence-corrected chi connectivity index (χ4v) is 1.95. The molecule has 4 nitrogen and oxygen atoms in total. The van der Waals surface area contributed by atoms with E-state index in [1.807, 2.05) is 30.3 Å². The lowest BCUT2D eigenvalue weighted by Gasteiger charge is -2.21. The summed E-state index contributed by atoms with van der Waals surface area (Å²) in [5.74, 6) is 1.81. The third-order valence-corrected chi connectivity index (χ3v) is 3.17. The molecule has 0 saturated carbocycles. The normalized spacial score (nSPS) is 11.1. The van der Waals surface area contributed by atoms with Gasteiger partial charge in [-0.05, 0) is 37.5 Å². The van der Waals surface area contributed by atoms with Crippen LogP contribution in [0, 0.1) is 0 Å². The number of ether oxygens (including phenoxy) is 1. The van der Waals surface area contributed by atoms with Gasteiger partial charge in [0.2, 0.25) is 0 Å². The molecular formula is C17H27N3O. The van der Waals surface area contributed by atoms with E-state index < -0.39 is 0 Å². The Bertz CT molecular complexity index is 440. The van der Waals surface area contributed by atoms with Crippen molar-refractivity contribution >= 4 is 5.96 Å². The molecule has 0 heterocycles. The van der Waals surface area contributed by atoms with E-state index in [4.69, 9.17) is 4.74 Å². The highest BCUT2D eigenvalue weighted by Crippen LogP contribution is 2.12. The minimum Gasteiger partial charge on any atom is -0.497 e. The van der Waals surface area contributed by atoms with Crippen LogP contribution in [0.1, 0.15) is 25.3 Å². The van der Waals surface area contributed by atoms with E-state index in [1.165, 1.54) is 5.56 Å². The Kier molecular flexibility index (Phi) is 8.02. The lowest BCUT2D eigenvalue weighted by molar-refractivity contribution is 0.414. The van der Waals surface area contributed by atoms with Gasteiger partial charge in [0.15, 0.2) is 5.96 Å². The van der Waals surface area contributed by atoms with Crippen LogP contribution in [-0.2, 0) is 6.54 Å². The number of hydrogen-bond donors (Lipinski definition) is 1. The first-order valence-electron chi connectivity index (χ1n) is 7.44. The van der Waals surface area contributed by atoms with Crippen molar-refractivity contribution in [3.05, 3.63) is 42.5 Å². The number of hydrogen-bond acceptors (Lipinski definition) is 2. The van der Waals surface area contributed by atoms with Crippen LogP contribution in [0.3, 0.4) is 0 Å². The molecule has 0 unspecified atom stereocenters. The first-order valence-corrected chi connectivity index (χ1v) is 7.44. The van der Waals surface area contributed by atoms with Gasteiger partial charge in [0, 0.05) is 20.1 Å². The summed E-state index contributed by atoms with van der Waals surface area (Å²) in [6.07, 6.45) is 4.07. The standard InChI is InChI=1S/C17H27N3O/c1-5-7-8-13-20(3)17(18-6-2)19-14-15-9-11-16(21-4)12-10-15/h5,9-12H,1,6-8,13-14H2,2-4H3,(H,18,19). The molecule has 0 aromatic heterocycles. The number of nitrogens with one attached hydrogen (secondary N) is 1. The van der Waals surface area contributed by atoms with Gasteiger partial charge in [-0.3, -0.25) is 0 Å². The summed E-state index contributed by atoms with van der Waals surface area (Å²) < 4.78 is 5.16.